The number of hydrogen-bond acceptors (Lipinski definition) is 3. The van der Waals surface area contributed by atoms with Crippen LogP contribution in [0.2, 0.25) is 10.0 Å². The van der Waals surface area contributed by atoms with Crippen molar-refractivity contribution in [1.82, 2.24) is 4.98 Å². The number of rotatable bonds is 3. The van der Waals surface area contributed by atoms with E-state index in [9.17, 15) is 8.42 Å². The number of benzene rings is 1. The summed E-state index contributed by atoms with van der Waals surface area (Å²) in [5, 5.41) is 0.496. The Bertz CT molecular complexity index is 746. The molecule has 0 radical (unpaired) electrons. The summed E-state index contributed by atoms with van der Waals surface area (Å²) in [6, 6.07) is 5.72. The number of aryl methyl sites for hydroxylation is 1. The van der Waals surface area contributed by atoms with Gasteiger partial charge in [-0.2, -0.15) is 0 Å². The van der Waals surface area contributed by atoms with Gasteiger partial charge >= 0.3 is 0 Å². The van der Waals surface area contributed by atoms with Crippen molar-refractivity contribution in [3.8, 4) is 0 Å². The maximum absolute atomic E-state index is 12.2. The molecule has 20 heavy (non-hydrogen) atoms. The molecule has 2 aromatic rings. The van der Waals surface area contributed by atoms with Crippen LogP contribution < -0.4 is 4.72 Å². The van der Waals surface area contributed by atoms with E-state index in [-0.39, 0.29) is 20.8 Å². The first kappa shape index (κ1) is 15.6. The van der Waals surface area contributed by atoms with Crippen LogP contribution in [0.5, 0.6) is 0 Å². The lowest BCUT2D eigenvalue weighted by atomic mass is 10.3. The van der Waals surface area contributed by atoms with E-state index in [0.29, 0.717) is 0 Å². The molecule has 106 valence electrons. The minimum atomic E-state index is -3.78. The number of pyridine rings is 1. The molecule has 1 aromatic heterocycles. The molecule has 1 heterocycles. The fourth-order valence-electron chi connectivity index (χ4n) is 1.48. The Morgan fingerprint density at radius 2 is 1.75 bits per heavy atom. The Morgan fingerprint density at radius 1 is 1.15 bits per heavy atom. The molecule has 1 aromatic carbocycles. The third-order valence-electron chi connectivity index (χ3n) is 2.43. The monoisotopic (exact) mass is 394 g/mol. The number of sulfonamides is 1. The third kappa shape index (κ3) is 3.63. The molecule has 0 amide bonds. The van der Waals surface area contributed by atoms with E-state index >= 15 is 0 Å². The highest BCUT2D eigenvalue weighted by Crippen LogP contribution is 2.24. The van der Waals surface area contributed by atoms with Gasteiger partial charge in [0.25, 0.3) is 10.0 Å². The quantitative estimate of drug-likeness (QED) is 0.844. The molecular weight excluding hydrogens is 387 g/mol. The summed E-state index contributed by atoms with van der Waals surface area (Å²) in [5.41, 5.74) is 0.863. The van der Waals surface area contributed by atoms with Gasteiger partial charge in [-0.25, -0.2) is 13.4 Å². The number of aromatic nitrogens is 1. The summed E-state index contributed by atoms with van der Waals surface area (Å²) in [7, 11) is -3.78. The zero-order valence-electron chi connectivity index (χ0n) is 10.2. The van der Waals surface area contributed by atoms with Crippen molar-refractivity contribution in [1.29, 1.82) is 0 Å². The van der Waals surface area contributed by atoms with Gasteiger partial charge in [-0.3, -0.25) is 4.72 Å². The molecule has 0 fully saturated rings. The van der Waals surface area contributed by atoms with E-state index in [0.717, 1.165) is 10.0 Å². The second kappa shape index (κ2) is 5.89. The average Bonchev–Trinajstić information content (AvgIpc) is 2.32. The van der Waals surface area contributed by atoms with E-state index in [1.54, 1.807) is 6.07 Å². The number of anilines is 1. The first-order chi connectivity index (χ1) is 9.28. The van der Waals surface area contributed by atoms with Gasteiger partial charge in [0.2, 0.25) is 0 Å². The second-order valence-electron chi connectivity index (χ2n) is 4.03. The standard InChI is InChI=1S/C12H9BrCl2N2O2S/c1-7-2-12(16-6-11(7)13)17-20(18,19)10-4-8(14)3-9(15)5-10/h2-6H,1H3,(H,16,17). The lowest BCUT2D eigenvalue weighted by Crippen LogP contribution is -2.14. The minimum absolute atomic E-state index is 0.0163. The van der Waals surface area contributed by atoms with Gasteiger partial charge in [0.05, 0.1) is 4.90 Å². The summed E-state index contributed by atoms with van der Waals surface area (Å²) in [6.45, 7) is 1.83. The average molecular weight is 396 g/mol. The van der Waals surface area contributed by atoms with Crippen LogP contribution in [0.1, 0.15) is 5.56 Å². The molecule has 0 bridgehead atoms. The van der Waals surface area contributed by atoms with E-state index in [1.165, 1.54) is 24.4 Å². The summed E-state index contributed by atoms with van der Waals surface area (Å²) < 4.78 is 27.6. The molecule has 0 aliphatic heterocycles. The Morgan fingerprint density at radius 3 is 2.30 bits per heavy atom. The van der Waals surface area contributed by atoms with Crippen LogP contribution in [0.3, 0.4) is 0 Å². The van der Waals surface area contributed by atoms with Crippen molar-refractivity contribution >= 4 is 55.0 Å². The van der Waals surface area contributed by atoms with Crippen LogP contribution in [-0.4, -0.2) is 13.4 Å². The Kier molecular flexibility index (Phi) is 4.59. The SMILES string of the molecule is Cc1cc(NS(=O)(=O)c2cc(Cl)cc(Cl)c2)ncc1Br. The molecule has 2 rings (SSSR count). The second-order valence-corrected chi connectivity index (χ2v) is 7.44. The maximum Gasteiger partial charge on any atom is 0.263 e. The van der Waals surface area contributed by atoms with E-state index < -0.39 is 10.0 Å². The van der Waals surface area contributed by atoms with Crippen LogP contribution >= 0.6 is 39.1 Å². The topological polar surface area (TPSA) is 59.1 Å². The summed E-state index contributed by atoms with van der Waals surface area (Å²) in [4.78, 5) is 3.98. The lowest BCUT2D eigenvalue weighted by molar-refractivity contribution is 0.601. The smallest absolute Gasteiger partial charge is 0.263 e. The van der Waals surface area contributed by atoms with Crippen LogP contribution in [-0.2, 0) is 10.0 Å². The Labute approximate surface area is 135 Å². The Balaban J connectivity index is 2.37. The number of nitrogens with one attached hydrogen (secondary N) is 1. The number of nitrogens with zero attached hydrogens (tertiary/aromatic N) is 1. The summed E-state index contributed by atoms with van der Waals surface area (Å²) >= 11 is 14.9. The first-order valence-electron chi connectivity index (χ1n) is 5.39. The fourth-order valence-corrected chi connectivity index (χ4v) is 3.42. The fraction of sp³-hybridized carbons (Fsp3) is 0.0833. The van der Waals surface area contributed by atoms with Gasteiger partial charge < -0.3 is 0 Å². The minimum Gasteiger partial charge on any atom is -0.263 e. The van der Waals surface area contributed by atoms with Gasteiger partial charge in [-0.1, -0.05) is 23.2 Å². The highest BCUT2D eigenvalue weighted by molar-refractivity contribution is 9.10. The highest BCUT2D eigenvalue weighted by Gasteiger charge is 2.16. The molecule has 0 aliphatic rings. The molecule has 8 heteroatoms. The molecule has 0 spiro atoms. The van der Waals surface area contributed by atoms with Crippen molar-refractivity contribution in [2.24, 2.45) is 0 Å². The molecule has 0 aliphatic carbocycles. The lowest BCUT2D eigenvalue weighted by Gasteiger charge is -2.09. The van der Waals surface area contributed by atoms with Crippen molar-refractivity contribution in [2.45, 2.75) is 11.8 Å². The first-order valence-corrected chi connectivity index (χ1v) is 8.42. The number of halogens is 3. The molecule has 1 N–H and O–H groups in total. The van der Waals surface area contributed by atoms with Crippen LogP contribution in [0.4, 0.5) is 5.82 Å². The zero-order valence-corrected chi connectivity index (χ0v) is 14.1. The predicted octanol–water partition coefficient (Wildman–Crippen LogP) is 4.26. The molecule has 0 saturated heterocycles. The highest BCUT2D eigenvalue weighted by atomic mass is 79.9. The van der Waals surface area contributed by atoms with Crippen LogP contribution in [0.25, 0.3) is 0 Å². The van der Waals surface area contributed by atoms with E-state index in [2.05, 4.69) is 25.6 Å². The third-order valence-corrected chi connectivity index (χ3v) is 5.03. The molecular formula is C12H9BrCl2N2O2S. The van der Waals surface area contributed by atoms with E-state index in [4.69, 9.17) is 23.2 Å². The van der Waals surface area contributed by atoms with E-state index in [1.807, 2.05) is 6.92 Å². The summed E-state index contributed by atoms with van der Waals surface area (Å²) in [6.07, 6.45) is 1.53. The van der Waals surface area contributed by atoms with Gasteiger partial charge in [-0.05, 0) is 52.7 Å². The van der Waals surface area contributed by atoms with Crippen molar-refractivity contribution in [3.63, 3.8) is 0 Å². The number of hydrogen-bond donors (Lipinski definition) is 1. The van der Waals surface area contributed by atoms with Crippen molar-refractivity contribution in [2.75, 3.05) is 4.72 Å². The van der Waals surface area contributed by atoms with Crippen LogP contribution in [0, 0.1) is 6.92 Å². The van der Waals surface area contributed by atoms with Crippen LogP contribution in [0.15, 0.2) is 39.8 Å². The molecule has 0 atom stereocenters. The molecule has 0 saturated carbocycles. The largest absolute Gasteiger partial charge is 0.263 e. The van der Waals surface area contributed by atoms with Gasteiger partial charge in [-0.15, -0.1) is 0 Å². The molecule has 0 unspecified atom stereocenters. The van der Waals surface area contributed by atoms with Gasteiger partial charge in [0, 0.05) is 20.7 Å². The zero-order chi connectivity index (χ0) is 14.9. The normalized spacial score (nSPS) is 11.4. The maximum atomic E-state index is 12.2. The molecule has 4 nitrogen and oxygen atoms in total. The van der Waals surface area contributed by atoms with Gasteiger partial charge in [0.15, 0.2) is 0 Å². The predicted molar refractivity (Wildman–Crippen MR) is 83.9 cm³/mol. The summed E-state index contributed by atoms with van der Waals surface area (Å²) in [5.74, 6) is 0.224. The van der Waals surface area contributed by atoms with Crippen molar-refractivity contribution < 1.29 is 8.42 Å². The Hall–Kier alpha value is -0.820. The van der Waals surface area contributed by atoms with Gasteiger partial charge in [0.1, 0.15) is 5.82 Å². The van der Waals surface area contributed by atoms with Crippen molar-refractivity contribution in [3.05, 3.63) is 50.5 Å².